The van der Waals surface area contributed by atoms with Gasteiger partial charge in [0.05, 0.1) is 12.3 Å². The molecule has 1 amide bonds. The van der Waals surface area contributed by atoms with Crippen molar-refractivity contribution in [3.8, 4) is 0 Å². The molecular weight excluding hydrogens is 292 g/mol. The number of piperidine rings is 1. The van der Waals surface area contributed by atoms with Gasteiger partial charge < -0.3 is 9.47 Å². The number of rotatable bonds is 5. The third kappa shape index (κ3) is 4.53. The summed E-state index contributed by atoms with van der Waals surface area (Å²) in [7, 11) is -3.24. The molecule has 1 unspecified atom stereocenters. The smallest absolute Gasteiger partial charge is 0.223 e. The highest BCUT2D eigenvalue weighted by Gasteiger charge is 2.25. The Morgan fingerprint density at radius 3 is 2.90 bits per heavy atom. The minimum absolute atomic E-state index is 0.00591. The first-order valence-electron chi connectivity index (χ1n) is 7.08. The van der Waals surface area contributed by atoms with Gasteiger partial charge in [-0.2, -0.15) is 0 Å². The molecule has 2 heterocycles. The van der Waals surface area contributed by atoms with E-state index in [1.54, 1.807) is 6.20 Å². The third-order valence-electron chi connectivity index (χ3n) is 3.71. The highest BCUT2D eigenvalue weighted by Crippen LogP contribution is 2.22. The van der Waals surface area contributed by atoms with Crippen LogP contribution in [0, 0.1) is 6.92 Å². The van der Waals surface area contributed by atoms with E-state index in [2.05, 4.69) is 14.3 Å². The molecular formula is C13H22N4O3S. The molecule has 118 valence electrons. The maximum Gasteiger partial charge on any atom is 0.223 e. The average molecular weight is 314 g/mol. The van der Waals surface area contributed by atoms with Crippen molar-refractivity contribution < 1.29 is 13.2 Å². The average Bonchev–Trinajstić information content (AvgIpc) is 2.83. The third-order valence-corrected chi connectivity index (χ3v) is 4.44. The van der Waals surface area contributed by atoms with Gasteiger partial charge >= 0.3 is 0 Å². The van der Waals surface area contributed by atoms with Crippen LogP contribution in [0.15, 0.2) is 12.4 Å². The lowest BCUT2D eigenvalue weighted by atomic mass is 10.0. The summed E-state index contributed by atoms with van der Waals surface area (Å²) in [5.74, 6) is 0.946. The van der Waals surface area contributed by atoms with Gasteiger partial charge in [0.1, 0.15) is 5.82 Å². The van der Waals surface area contributed by atoms with Crippen LogP contribution in [-0.4, -0.2) is 54.7 Å². The van der Waals surface area contributed by atoms with Crippen molar-refractivity contribution in [2.24, 2.45) is 0 Å². The van der Waals surface area contributed by atoms with E-state index in [0.717, 1.165) is 31.5 Å². The fourth-order valence-corrected chi connectivity index (χ4v) is 3.16. The number of carbonyl (C=O) groups is 1. The number of hydrogen-bond acceptors (Lipinski definition) is 4. The Kier molecular flexibility index (Phi) is 5.00. The molecule has 0 aromatic carbocycles. The minimum atomic E-state index is -3.24. The summed E-state index contributed by atoms with van der Waals surface area (Å²) in [5, 5.41) is 0. The standard InChI is InChI=1S/C13H22N4O3S/c1-11-14-7-9-17(11)12-4-3-8-16(10-12)13(18)5-6-15-21(2,19)20/h7,9,12,15H,3-6,8,10H2,1-2H3. The van der Waals surface area contributed by atoms with Crippen LogP contribution >= 0.6 is 0 Å². The SMILES string of the molecule is Cc1nccn1C1CCCN(C(=O)CCNS(C)(=O)=O)C1. The summed E-state index contributed by atoms with van der Waals surface area (Å²) >= 11 is 0. The molecule has 1 saturated heterocycles. The van der Waals surface area contributed by atoms with Crippen LogP contribution < -0.4 is 4.72 Å². The maximum atomic E-state index is 12.2. The summed E-state index contributed by atoms with van der Waals surface area (Å²) in [6.45, 7) is 3.51. The second kappa shape index (κ2) is 6.57. The number of aromatic nitrogens is 2. The zero-order valence-corrected chi connectivity index (χ0v) is 13.3. The molecule has 21 heavy (non-hydrogen) atoms. The van der Waals surface area contributed by atoms with Crippen molar-refractivity contribution in [2.45, 2.75) is 32.2 Å². The number of carbonyl (C=O) groups excluding carboxylic acids is 1. The van der Waals surface area contributed by atoms with Gasteiger partial charge in [-0.05, 0) is 19.8 Å². The zero-order chi connectivity index (χ0) is 15.5. The number of aryl methyl sites for hydroxylation is 1. The number of imidazole rings is 1. The van der Waals surface area contributed by atoms with Crippen molar-refractivity contribution in [3.63, 3.8) is 0 Å². The van der Waals surface area contributed by atoms with Crippen LogP contribution in [-0.2, 0) is 14.8 Å². The van der Waals surface area contributed by atoms with Gasteiger partial charge in [-0.3, -0.25) is 4.79 Å². The van der Waals surface area contributed by atoms with Crippen LogP contribution in [0.3, 0.4) is 0 Å². The second-order valence-corrected chi connectivity index (χ2v) is 7.27. The Hall–Kier alpha value is -1.41. The molecule has 1 aromatic heterocycles. The number of amides is 1. The number of likely N-dealkylation sites (tertiary alicyclic amines) is 1. The molecule has 0 bridgehead atoms. The molecule has 1 aromatic rings. The van der Waals surface area contributed by atoms with Gasteiger partial charge in [-0.25, -0.2) is 18.1 Å². The van der Waals surface area contributed by atoms with E-state index >= 15 is 0 Å². The van der Waals surface area contributed by atoms with Gasteiger partial charge in [0.15, 0.2) is 0 Å². The van der Waals surface area contributed by atoms with Gasteiger partial charge in [0.25, 0.3) is 0 Å². The van der Waals surface area contributed by atoms with Crippen LogP contribution in [0.1, 0.15) is 31.1 Å². The fourth-order valence-electron chi connectivity index (χ4n) is 2.68. The van der Waals surface area contributed by atoms with Crippen LogP contribution in [0.5, 0.6) is 0 Å². The predicted octanol–water partition coefficient (Wildman–Crippen LogP) is 0.294. The highest BCUT2D eigenvalue weighted by molar-refractivity contribution is 7.88. The summed E-state index contributed by atoms with van der Waals surface area (Å²) in [5.41, 5.74) is 0. The van der Waals surface area contributed by atoms with E-state index in [-0.39, 0.29) is 24.9 Å². The number of sulfonamides is 1. The molecule has 0 radical (unpaired) electrons. The maximum absolute atomic E-state index is 12.2. The van der Waals surface area contributed by atoms with Crippen molar-refractivity contribution in [1.29, 1.82) is 0 Å². The Labute approximate surface area is 125 Å². The molecule has 1 aliphatic rings. The Balaban J connectivity index is 1.89. The number of nitrogens with zero attached hydrogens (tertiary/aromatic N) is 3. The normalized spacial score (nSPS) is 19.7. The van der Waals surface area contributed by atoms with Crippen molar-refractivity contribution >= 4 is 15.9 Å². The molecule has 0 saturated carbocycles. The highest BCUT2D eigenvalue weighted by atomic mass is 32.2. The van der Waals surface area contributed by atoms with E-state index in [0.29, 0.717) is 6.54 Å². The second-order valence-electron chi connectivity index (χ2n) is 5.43. The Morgan fingerprint density at radius 2 is 2.29 bits per heavy atom. The molecule has 7 nitrogen and oxygen atoms in total. The van der Waals surface area contributed by atoms with Crippen molar-refractivity contribution in [1.82, 2.24) is 19.2 Å². The number of nitrogens with one attached hydrogen (secondary N) is 1. The monoisotopic (exact) mass is 314 g/mol. The fraction of sp³-hybridized carbons (Fsp3) is 0.692. The lowest BCUT2D eigenvalue weighted by molar-refractivity contribution is -0.132. The largest absolute Gasteiger partial charge is 0.341 e. The van der Waals surface area contributed by atoms with Gasteiger partial charge in [0.2, 0.25) is 15.9 Å². The van der Waals surface area contributed by atoms with Crippen LogP contribution in [0.4, 0.5) is 0 Å². The van der Waals surface area contributed by atoms with Crippen LogP contribution in [0.25, 0.3) is 0 Å². The lowest BCUT2D eigenvalue weighted by Gasteiger charge is -2.34. The molecule has 1 N–H and O–H groups in total. The van der Waals surface area contributed by atoms with E-state index in [1.807, 2.05) is 18.0 Å². The minimum Gasteiger partial charge on any atom is -0.341 e. The van der Waals surface area contributed by atoms with Crippen molar-refractivity contribution in [2.75, 3.05) is 25.9 Å². The molecule has 0 spiro atoms. The predicted molar refractivity (Wildman–Crippen MR) is 79.3 cm³/mol. The quantitative estimate of drug-likeness (QED) is 0.847. The van der Waals surface area contributed by atoms with Gasteiger partial charge in [0, 0.05) is 38.4 Å². The molecule has 1 atom stereocenters. The summed E-state index contributed by atoms with van der Waals surface area (Å²) < 4.78 is 26.4. The van der Waals surface area contributed by atoms with E-state index in [9.17, 15) is 13.2 Å². The van der Waals surface area contributed by atoms with Gasteiger partial charge in [-0.15, -0.1) is 0 Å². The lowest BCUT2D eigenvalue weighted by Crippen LogP contribution is -2.42. The zero-order valence-electron chi connectivity index (χ0n) is 12.4. The van der Waals surface area contributed by atoms with Crippen LogP contribution in [0.2, 0.25) is 0 Å². The van der Waals surface area contributed by atoms with Gasteiger partial charge in [-0.1, -0.05) is 0 Å². The Bertz CT molecular complexity index is 596. The first kappa shape index (κ1) is 16.0. The first-order valence-corrected chi connectivity index (χ1v) is 8.98. The molecule has 2 rings (SSSR count). The van der Waals surface area contributed by atoms with E-state index < -0.39 is 10.0 Å². The first-order chi connectivity index (χ1) is 9.87. The summed E-state index contributed by atoms with van der Waals surface area (Å²) in [4.78, 5) is 18.2. The molecule has 8 heteroatoms. The molecule has 1 fully saturated rings. The Morgan fingerprint density at radius 1 is 1.52 bits per heavy atom. The number of hydrogen-bond donors (Lipinski definition) is 1. The molecule has 0 aliphatic carbocycles. The van der Waals surface area contributed by atoms with Crippen molar-refractivity contribution in [3.05, 3.63) is 18.2 Å². The van der Waals surface area contributed by atoms with E-state index in [4.69, 9.17) is 0 Å². The topological polar surface area (TPSA) is 84.3 Å². The van der Waals surface area contributed by atoms with E-state index in [1.165, 1.54) is 0 Å². The summed E-state index contributed by atoms with van der Waals surface area (Å²) in [6.07, 6.45) is 6.99. The summed E-state index contributed by atoms with van der Waals surface area (Å²) in [6, 6.07) is 0.257. The molecule has 1 aliphatic heterocycles.